The van der Waals surface area contributed by atoms with Gasteiger partial charge in [-0.3, -0.25) is 0 Å². The predicted octanol–water partition coefficient (Wildman–Crippen LogP) is -0.169. The third-order valence-corrected chi connectivity index (χ3v) is 3.53. The zero-order chi connectivity index (χ0) is 10.7. The highest BCUT2D eigenvalue weighted by Crippen LogP contribution is 2.26. The van der Waals surface area contributed by atoms with Gasteiger partial charge in [-0.05, 0) is 12.8 Å². The van der Waals surface area contributed by atoms with E-state index in [1.807, 2.05) is 0 Å². The Morgan fingerprint density at radius 3 is 2.00 bits per heavy atom. The molecule has 1 aliphatic rings. The lowest BCUT2D eigenvalue weighted by molar-refractivity contribution is 0.343. The smallest absolute Gasteiger partial charge is 0.274 e. The molecule has 0 aliphatic heterocycles. The molecule has 14 heavy (non-hydrogen) atoms. The number of nitrogens with two attached hydrogens (primary N) is 2. The Morgan fingerprint density at radius 2 is 1.64 bits per heavy atom. The van der Waals surface area contributed by atoms with Crippen LogP contribution >= 0.6 is 0 Å². The molecule has 0 aromatic carbocycles. The Balaban J connectivity index is 2.72. The molecule has 5 N–H and O–H groups in total. The fourth-order valence-electron chi connectivity index (χ4n) is 2.05. The number of nitrogens with one attached hydrogen (secondary N) is 1. The molecule has 0 radical (unpaired) electrons. The van der Waals surface area contributed by atoms with Gasteiger partial charge in [0.1, 0.15) is 0 Å². The molecule has 0 saturated heterocycles. The van der Waals surface area contributed by atoms with Crippen molar-refractivity contribution in [1.82, 2.24) is 4.72 Å². The third kappa shape index (κ3) is 3.53. The van der Waals surface area contributed by atoms with Gasteiger partial charge >= 0.3 is 0 Å². The first kappa shape index (κ1) is 11.9. The van der Waals surface area contributed by atoms with Crippen LogP contribution in [0.15, 0.2) is 0 Å². The fraction of sp³-hybridized carbons (Fsp3) is 1.00. The molecule has 5 nitrogen and oxygen atoms in total. The first-order valence-electron chi connectivity index (χ1n) is 4.99. The van der Waals surface area contributed by atoms with Gasteiger partial charge in [0.15, 0.2) is 0 Å². The van der Waals surface area contributed by atoms with Crippen LogP contribution in [0, 0.1) is 0 Å². The molecular weight excluding hydrogens is 202 g/mol. The van der Waals surface area contributed by atoms with Crippen LogP contribution in [0.5, 0.6) is 0 Å². The minimum Gasteiger partial charge on any atom is -0.329 e. The SMILES string of the molecule is NCC1(NS(N)(=O)=O)CCCCCC1. The van der Waals surface area contributed by atoms with Crippen molar-refractivity contribution < 1.29 is 8.42 Å². The largest absolute Gasteiger partial charge is 0.329 e. The van der Waals surface area contributed by atoms with Crippen molar-refractivity contribution in [3.8, 4) is 0 Å². The standard InChI is InChI=1S/C8H19N3O2S/c9-7-8(11-14(10,12)13)5-3-1-2-4-6-8/h11H,1-7,9H2,(H2,10,12,13). The third-order valence-electron chi connectivity index (χ3n) is 2.81. The molecule has 0 atom stereocenters. The minimum absolute atomic E-state index is 0.323. The van der Waals surface area contributed by atoms with E-state index < -0.39 is 15.7 Å². The quantitative estimate of drug-likeness (QED) is 0.577. The maximum absolute atomic E-state index is 11.0. The molecule has 0 amide bonds. The highest BCUT2D eigenvalue weighted by molar-refractivity contribution is 7.87. The van der Waals surface area contributed by atoms with Gasteiger partial charge in [-0.15, -0.1) is 0 Å². The molecule has 84 valence electrons. The zero-order valence-electron chi connectivity index (χ0n) is 8.33. The van der Waals surface area contributed by atoms with E-state index in [0.29, 0.717) is 6.54 Å². The van der Waals surface area contributed by atoms with Crippen molar-refractivity contribution in [2.45, 2.75) is 44.1 Å². The zero-order valence-corrected chi connectivity index (χ0v) is 9.15. The van der Waals surface area contributed by atoms with Crippen molar-refractivity contribution in [2.24, 2.45) is 10.9 Å². The first-order valence-corrected chi connectivity index (χ1v) is 6.54. The van der Waals surface area contributed by atoms with Gasteiger partial charge in [-0.1, -0.05) is 25.7 Å². The summed E-state index contributed by atoms with van der Waals surface area (Å²) in [5.74, 6) is 0. The van der Waals surface area contributed by atoms with E-state index >= 15 is 0 Å². The van der Waals surface area contributed by atoms with Gasteiger partial charge in [0.2, 0.25) is 0 Å². The fourth-order valence-corrected chi connectivity index (χ4v) is 2.95. The number of hydrogen-bond donors (Lipinski definition) is 3. The molecule has 6 heteroatoms. The second-order valence-corrected chi connectivity index (χ2v) is 5.34. The first-order chi connectivity index (χ1) is 6.47. The molecule has 1 fully saturated rings. The van der Waals surface area contributed by atoms with Crippen LogP contribution in [-0.4, -0.2) is 20.5 Å². The summed E-state index contributed by atoms with van der Waals surface area (Å²) in [5.41, 5.74) is 5.14. The van der Waals surface area contributed by atoms with E-state index in [-0.39, 0.29) is 0 Å². The van der Waals surface area contributed by atoms with Crippen LogP contribution in [0.25, 0.3) is 0 Å². The van der Waals surface area contributed by atoms with Gasteiger partial charge < -0.3 is 5.73 Å². The molecule has 0 heterocycles. The molecule has 1 aliphatic carbocycles. The summed E-state index contributed by atoms with van der Waals surface area (Å²) in [5, 5.41) is 4.98. The summed E-state index contributed by atoms with van der Waals surface area (Å²) in [6, 6.07) is 0. The van der Waals surface area contributed by atoms with E-state index in [9.17, 15) is 8.42 Å². The van der Waals surface area contributed by atoms with Gasteiger partial charge in [-0.2, -0.15) is 13.1 Å². The van der Waals surface area contributed by atoms with Crippen LogP contribution in [-0.2, 0) is 10.2 Å². The summed E-state index contributed by atoms with van der Waals surface area (Å²) in [6.45, 7) is 0.323. The van der Waals surface area contributed by atoms with Crippen LogP contribution in [0.1, 0.15) is 38.5 Å². The lowest BCUT2D eigenvalue weighted by Crippen LogP contribution is -2.55. The van der Waals surface area contributed by atoms with Crippen LogP contribution in [0.2, 0.25) is 0 Å². The highest BCUT2D eigenvalue weighted by atomic mass is 32.2. The molecule has 0 aromatic heterocycles. The average Bonchev–Trinajstić information content (AvgIpc) is 2.28. The maximum Gasteiger partial charge on any atom is 0.274 e. The van der Waals surface area contributed by atoms with Gasteiger partial charge in [0.05, 0.1) is 0 Å². The summed E-state index contributed by atoms with van der Waals surface area (Å²) >= 11 is 0. The molecule has 0 bridgehead atoms. The van der Waals surface area contributed by atoms with Crippen LogP contribution in [0.3, 0.4) is 0 Å². The van der Waals surface area contributed by atoms with Crippen LogP contribution in [0.4, 0.5) is 0 Å². The second kappa shape index (κ2) is 4.57. The molecular formula is C8H19N3O2S. The van der Waals surface area contributed by atoms with Crippen molar-refractivity contribution in [3.63, 3.8) is 0 Å². The molecule has 0 aromatic rings. The molecule has 1 rings (SSSR count). The topological polar surface area (TPSA) is 98.2 Å². The second-order valence-electron chi connectivity index (χ2n) is 4.05. The summed E-state index contributed by atoms with van der Waals surface area (Å²) in [7, 11) is -3.64. The van der Waals surface area contributed by atoms with E-state index in [2.05, 4.69) is 4.72 Å². The van der Waals surface area contributed by atoms with Crippen molar-refractivity contribution in [1.29, 1.82) is 0 Å². The van der Waals surface area contributed by atoms with Crippen molar-refractivity contribution >= 4 is 10.2 Å². The molecule has 0 spiro atoms. The highest BCUT2D eigenvalue weighted by Gasteiger charge is 2.32. The Morgan fingerprint density at radius 1 is 1.14 bits per heavy atom. The monoisotopic (exact) mass is 221 g/mol. The number of hydrogen-bond acceptors (Lipinski definition) is 3. The van der Waals surface area contributed by atoms with Gasteiger partial charge in [0.25, 0.3) is 10.2 Å². The van der Waals surface area contributed by atoms with E-state index in [0.717, 1.165) is 38.5 Å². The molecule has 0 unspecified atom stereocenters. The predicted molar refractivity (Wildman–Crippen MR) is 55.7 cm³/mol. The van der Waals surface area contributed by atoms with Gasteiger partial charge in [0, 0.05) is 12.1 Å². The summed E-state index contributed by atoms with van der Waals surface area (Å²) in [6.07, 6.45) is 5.90. The summed E-state index contributed by atoms with van der Waals surface area (Å²) in [4.78, 5) is 0. The lowest BCUT2D eigenvalue weighted by Gasteiger charge is -2.31. The molecule has 1 saturated carbocycles. The Labute approximate surface area is 85.4 Å². The number of rotatable bonds is 3. The van der Waals surface area contributed by atoms with E-state index in [1.54, 1.807) is 0 Å². The Kier molecular flexibility index (Phi) is 3.88. The minimum atomic E-state index is -3.64. The van der Waals surface area contributed by atoms with Crippen molar-refractivity contribution in [3.05, 3.63) is 0 Å². The summed E-state index contributed by atoms with van der Waals surface area (Å²) < 4.78 is 24.5. The Bertz CT molecular complexity index is 268. The van der Waals surface area contributed by atoms with E-state index in [1.165, 1.54) is 0 Å². The van der Waals surface area contributed by atoms with Gasteiger partial charge in [-0.25, -0.2) is 5.14 Å². The normalized spacial score (nSPS) is 23.0. The lowest BCUT2D eigenvalue weighted by atomic mass is 9.92. The maximum atomic E-state index is 11.0. The van der Waals surface area contributed by atoms with Crippen molar-refractivity contribution in [2.75, 3.05) is 6.54 Å². The average molecular weight is 221 g/mol. The van der Waals surface area contributed by atoms with Crippen LogP contribution < -0.4 is 15.6 Å². The Hall–Kier alpha value is -0.170. The van der Waals surface area contributed by atoms with E-state index in [4.69, 9.17) is 10.9 Å².